The zero-order valence-electron chi connectivity index (χ0n) is 11.6. The van der Waals surface area contributed by atoms with E-state index in [4.69, 9.17) is 23.2 Å². The third-order valence-corrected chi connectivity index (χ3v) is 3.94. The lowest BCUT2D eigenvalue weighted by Gasteiger charge is -2.09. The van der Waals surface area contributed by atoms with Gasteiger partial charge in [-0.1, -0.05) is 23.2 Å². The van der Waals surface area contributed by atoms with E-state index in [1.54, 1.807) is 24.3 Å². The van der Waals surface area contributed by atoms with Crippen molar-refractivity contribution in [1.29, 1.82) is 0 Å². The molecule has 1 fully saturated rings. The second kappa shape index (κ2) is 6.10. The van der Waals surface area contributed by atoms with Crippen LogP contribution in [0.1, 0.15) is 24.5 Å². The monoisotopic (exact) mass is 337 g/mol. The highest BCUT2D eigenvalue weighted by Gasteiger charge is 2.25. The molecule has 7 heteroatoms. The van der Waals surface area contributed by atoms with Crippen LogP contribution in [0.3, 0.4) is 0 Å². The van der Waals surface area contributed by atoms with E-state index in [2.05, 4.69) is 10.4 Å². The van der Waals surface area contributed by atoms with Crippen LogP contribution in [0.4, 0.5) is 5.69 Å². The zero-order valence-corrected chi connectivity index (χ0v) is 13.1. The van der Waals surface area contributed by atoms with Gasteiger partial charge in [0.2, 0.25) is 5.91 Å². The Labute approximate surface area is 136 Å². The number of nitrogens with one attached hydrogen (secondary N) is 1. The summed E-state index contributed by atoms with van der Waals surface area (Å²) in [5.41, 5.74) is 0.954. The number of amides is 1. The number of benzene rings is 1. The average molecular weight is 338 g/mol. The van der Waals surface area contributed by atoms with Crippen molar-refractivity contribution in [3.05, 3.63) is 56.4 Å². The van der Waals surface area contributed by atoms with Gasteiger partial charge in [-0.3, -0.25) is 9.59 Å². The Morgan fingerprint density at radius 2 is 2.05 bits per heavy atom. The molecule has 5 nitrogen and oxygen atoms in total. The minimum absolute atomic E-state index is 0.164. The van der Waals surface area contributed by atoms with E-state index in [0.29, 0.717) is 21.7 Å². The molecule has 1 saturated carbocycles. The summed E-state index contributed by atoms with van der Waals surface area (Å²) in [6.07, 6.45) is 2.16. The minimum Gasteiger partial charge on any atom is -0.323 e. The summed E-state index contributed by atoms with van der Waals surface area (Å²) in [6.45, 7) is -0.164. The van der Waals surface area contributed by atoms with Crippen LogP contribution in [-0.2, 0) is 11.3 Å². The molecule has 3 rings (SSSR count). The van der Waals surface area contributed by atoms with Gasteiger partial charge in [-0.2, -0.15) is 5.10 Å². The molecule has 1 heterocycles. The van der Waals surface area contributed by atoms with E-state index in [1.807, 2.05) is 0 Å². The lowest BCUT2D eigenvalue weighted by Crippen LogP contribution is -2.29. The van der Waals surface area contributed by atoms with Gasteiger partial charge in [0.15, 0.2) is 0 Å². The molecule has 0 atom stereocenters. The van der Waals surface area contributed by atoms with Gasteiger partial charge in [0, 0.05) is 17.0 Å². The van der Waals surface area contributed by atoms with Crippen molar-refractivity contribution >= 4 is 34.8 Å². The Kier molecular flexibility index (Phi) is 4.18. The Morgan fingerprint density at radius 1 is 1.27 bits per heavy atom. The quantitative estimate of drug-likeness (QED) is 0.932. The van der Waals surface area contributed by atoms with Crippen molar-refractivity contribution in [3.8, 4) is 0 Å². The first-order valence-corrected chi connectivity index (χ1v) is 7.61. The Hall–Kier alpha value is -1.85. The van der Waals surface area contributed by atoms with Crippen molar-refractivity contribution in [1.82, 2.24) is 9.78 Å². The maximum atomic E-state index is 12.1. The van der Waals surface area contributed by atoms with Crippen molar-refractivity contribution in [2.45, 2.75) is 25.3 Å². The van der Waals surface area contributed by atoms with Gasteiger partial charge in [-0.05, 0) is 37.1 Å². The SMILES string of the molecule is O=C(Cn1nc(C2CC2)ccc1=O)Nc1cc(Cl)ccc1Cl. The summed E-state index contributed by atoms with van der Waals surface area (Å²) < 4.78 is 1.17. The molecule has 0 bridgehead atoms. The fourth-order valence-electron chi connectivity index (χ4n) is 2.09. The fourth-order valence-corrected chi connectivity index (χ4v) is 2.43. The van der Waals surface area contributed by atoms with Crippen molar-refractivity contribution < 1.29 is 4.79 Å². The molecule has 0 radical (unpaired) electrons. The molecule has 0 aliphatic heterocycles. The van der Waals surface area contributed by atoms with Gasteiger partial charge in [-0.25, -0.2) is 4.68 Å². The predicted molar refractivity (Wildman–Crippen MR) is 85.6 cm³/mol. The molecule has 2 aromatic rings. The van der Waals surface area contributed by atoms with Gasteiger partial charge in [-0.15, -0.1) is 0 Å². The van der Waals surface area contributed by atoms with Crippen LogP contribution in [0.5, 0.6) is 0 Å². The van der Waals surface area contributed by atoms with Crippen LogP contribution in [0.15, 0.2) is 35.1 Å². The highest BCUT2D eigenvalue weighted by molar-refractivity contribution is 6.35. The topological polar surface area (TPSA) is 64.0 Å². The van der Waals surface area contributed by atoms with Gasteiger partial charge in [0.05, 0.1) is 16.4 Å². The van der Waals surface area contributed by atoms with E-state index in [9.17, 15) is 9.59 Å². The van der Waals surface area contributed by atoms with Crippen LogP contribution < -0.4 is 10.9 Å². The van der Waals surface area contributed by atoms with E-state index in [0.717, 1.165) is 18.5 Å². The van der Waals surface area contributed by atoms with Crippen molar-refractivity contribution in [2.75, 3.05) is 5.32 Å². The van der Waals surface area contributed by atoms with Gasteiger partial charge in [0.1, 0.15) is 6.54 Å². The molecule has 1 N–H and O–H groups in total. The van der Waals surface area contributed by atoms with Crippen molar-refractivity contribution in [2.24, 2.45) is 0 Å². The van der Waals surface area contributed by atoms with Crippen LogP contribution in [0.2, 0.25) is 10.0 Å². The number of rotatable bonds is 4. The first-order valence-electron chi connectivity index (χ1n) is 6.86. The van der Waals surface area contributed by atoms with Crippen molar-refractivity contribution in [3.63, 3.8) is 0 Å². The largest absolute Gasteiger partial charge is 0.323 e. The van der Waals surface area contributed by atoms with E-state index >= 15 is 0 Å². The summed E-state index contributed by atoms with van der Waals surface area (Å²) in [5.74, 6) is 0.0315. The number of nitrogens with zero attached hydrogens (tertiary/aromatic N) is 2. The highest BCUT2D eigenvalue weighted by atomic mass is 35.5. The van der Waals surface area contributed by atoms with E-state index < -0.39 is 0 Å². The molecule has 1 aromatic carbocycles. The molecule has 0 spiro atoms. The molecular weight excluding hydrogens is 325 g/mol. The molecule has 1 aromatic heterocycles. The smallest absolute Gasteiger partial charge is 0.267 e. The lowest BCUT2D eigenvalue weighted by molar-refractivity contribution is -0.117. The summed E-state index contributed by atoms with van der Waals surface area (Å²) in [4.78, 5) is 23.9. The number of halogens is 2. The Morgan fingerprint density at radius 3 is 2.77 bits per heavy atom. The van der Waals surface area contributed by atoms with Crippen LogP contribution in [0.25, 0.3) is 0 Å². The Balaban J connectivity index is 1.75. The predicted octanol–water partition coefficient (Wildman–Crippen LogP) is 3.07. The molecule has 0 unspecified atom stereocenters. The van der Waals surface area contributed by atoms with Crippen LogP contribution in [0, 0.1) is 0 Å². The summed E-state index contributed by atoms with van der Waals surface area (Å²) in [5, 5.41) is 7.72. The summed E-state index contributed by atoms with van der Waals surface area (Å²) in [6, 6.07) is 7.95. The molecule has 22 heavy (non-hydrogen) atoms. The second-order valence-corrected chi connectivity index (χ2v) is 6.04. The molecule has 1 amide bonds. The second-order valence-electron chi connectivity index (χ2n) is 5.20. The van der Waals surface area contributed by atoms with Gasteiger partial charge >= 0.3 is 0 Å². The molecule has 1 aliphatic carbocycles. The maximum Gasteiger partial charge on any atom is 0.267 e. The highest BCUT2D eigenvalue weighted by Crippen LogP contribution is 2.38. The maximum absolute atomic E-state index is 12.1. The standard InChI is InChI=1S/C15H13Cl2N3O2/c16-10-3-4-11(17)13(7-10)18-14(21)8-20-15(22)6-5-12(19-20)9-1-2-9/h3-7,9H,1-2,8H2,(H,18,21). The molecule has 0 saturated heterocycles. The number of hydrogen-bond donors (Lipinski definition) is 1. The summed E-state index contributed by atoms with van der Waals surface area (Å²) in [7, 11) is 0. The van der Waals surface area contributed by atoms with Crippen LogP contribution >= 0.6 is 23.2 Å². The zero-order chi connectivity index (χ0) is 15.7. The third-order valence-electron chi connectivity index (χ3n) is 3.38. The third kappa shape index (κ3) is 3.48. The number of carbonyl (C=O) groups excluding carboxylic acids is 1. The minimum atomic E-state index is -0.383. The number of carbonyl (C=O) groups is 1. The van der Waals surface area contributed by atoms with E-state index in [1.165, 1.54) is 10.7 Å². The number of anilines is 1. The van der Waals surface area contributed by atoms with Crippen LogP contribution in [-0.4, -0.2) is 15.7 Å². The first kappa shape index (κ1) is 15.1. The number of hydrogen-bond acceptors (Lipinski definition) is 3. The fraction of sp³-hybridized carbons (Fsp3) is 0.267. The number of aromatic nitrogens is 2. The van der Waals surface area contributed by atoms with E-state index in [-0.39, 0.29) is 18.0 Å². The first-order chi connectivity index (χ1) is 10.5. The molecular formula is C15H13Cl2N3O2. The summed E-state index contributed by atoms with van der Waals surface area (Å²) >= 11 is 11.9. The van der Waals surface area contributed by atoms with Gasteiger partial charge < -0.3 is 5.32 Å². The molecule has 1 aliphatic rings. The van der Waals surface area contributed by atoms with Gasteiger partial charge in [0.25, 0.3) is 5.56 Å². The Bertz CT molecular complexity index is 785. The normalized spacial score (nSPS) is 13.9. The average Bonchev–Trinajstić information content (AvgIpc) is 3.30. The molecule has 114 valence electrons. The lowest BCUT2D eigenvalue weighted by atomic mass is 10.3.